The van der Waals surface area contributed by atoms with Gasteiger partial charge in [0.05, 0.1) is 0 Å². The normalized spacial score (nSPS) is 11.1. The number of hydrogen-bond donors (Lipinski definition) is 1. The fraction of sp³-hybridized carbons (Fsp3) is 0.200. The molecule has 0 aliphatic heterocycles. The predicted octanol–water partition coefficient (Wildman–Crippen LogP) is 6.32. The number of carbonyl (C=O) groups is 1. The Hall–Kier alpha value is -3.12. The van der Waals surface area contributed by atoms with Gasteiger partial charge in [-0.3, -0.25) is 4.79 Å². The highest BCUT2D eigenvalue weighted by molar-refractivity contribution is 9.10. The van der Waals surface area contributed by atoms with Crippen molar-refractivity contribution in [1.29, 1.82) is 0 Å². The molecule has 0 aliphatic rings. The number of fused-ring (bicyclic) bond motifs is 1. The van der Waals surface area contributed by atoms with Crippen molar-refractivity contribution in [2.75, 3.05) is 11.9 Å². The summed E-state index contributed by atoms with van der Waals surface area (Å²) in [5.74, 6) is 1.56. The molecule has 5 nitrogen and oxygen atoms in total. The van der Waals surface area contributed by atoms with Gasteiger partial charge < -0.3 is 14.5 Å². The largest absolute Gasteiger partial charge is 0.484 e. The first-order valence-electron chi connectivity index (χ1n) is 10.1. The van der Waals surface area contributed by atoms with Gasteiger partial charge in [0.25, 0.3) is 5.91 Å². The first kappa shape index (κ1) is 21.1. The summed E-state index contributed by atoms with van der Waals surface area (Å²) in [5.41, 5.74) is 4.70. The Morgan fingerprint density at radius 3 is 2.52 bits per heavy atom. The van der Waals surface area contributed by atoms with E-state index >= 15 is 0 Å². The Bertz CT molecular complexity index is 1180. The van der Waals surface area contributed by atoms with Crippen molar-refractivity contribution in [3.05, 3.63) is 88.2 Å². The average Bonchev–Trinajstić information content (AvgIpc) is 3.16. The minimum atomic E-state index is -0.212. The lowest BCUT2D eigenvalue weighted by Crippen LogP contribution is -2.20. The number of nitrogens with zero attached hydrogens (tertiary/aromatic N) is 1. The third kappa shape index (κ3) is 5.52. The molecule has 3 aromatic carbocycles. The SMILES string of the molecule is CC(C)c1ccc2oc(Cc3ccc(NC(=O)COc4ccc(Br)cc4)cc3)nc2c1. The number of nitrogens with one attached hydrogen (secondary N) is 1. The molecule has 4 aromatic rings. The molecule has 4 rings (SSSR count). The molecule has 0 spiro atoms. The summed E-state index contributed by atoms with van der Waals surface area (Å²) >= 11 is 3.37. The van der Waals surface area contributed by atoms with E-state index in [1.165, 1.54) is 5.56 Å². The van der Waals surface area contributed by atoms with Crippen LogP contribution in [0.5, 0.6) is 5.75 Å². The molecule has 1 aromatic heterocycles. The third-order valence-corrected chi connectivity index (χ3v) is 5.43. The average molecular weight is 479 g/mol. The van der Waals surface area contributed by atoms with Gasteiger partial charge in [-0.15, -0.1) is 0 Å². The fourth-order valence-corrected chi connectivity index (χ4v) is 3.45. The van der Waals surface area contributed by atoms with Gasteiger partial charge in [-0.2, -0.15) is 0 Å². The molecular weight excluding hydrogens is 456 g/mol. The van der Waals surface area contributed by atoms with Crippen molar-refractivity contribution in [3.63, 3.8) is 0 Å². The van der Waals surface area contributed by atoms with Crippen molar-refractivity contribution in [3.8, 4) is 5.75 Å². The molecule has 158 valence electrons. The van der Waals surface area contributed by atoms with E-state index in [0.29, 0.717) is 29.7 Å². The number of ether oxygens (including phenoxy) is 1. The zero-order chi connectivity index (χ0) is 21.8. The van der Waals surface area contributed by atoms with Gasteiger partial charge in [-0.05, 0) is 65.6 Å². The molecule has 0 aliphatic carbocycles. The molecule has 0 saturated carbocycles. The van der Waals surface area contributed by atoms with Crippen molar-refractivity contribution >= 4 is 38.6 Å². The summed E-state index contributed by atoms with van der Waals surface area (Å²) in [4.78, 5) is 16.8. The van der Waals surface area contributed by atoms with E-state index in [0.717, 1.165) is 21.1 Å². The van der Waals surface area contributed by atoms with E-state index < -0.39 is 0 Å². The van der Waals surface area contributed by atoms with Crippen LogP contribution in [0.15, 0.2) is 75.6 Å². The number of aromatic nitrogens is 1. The second kappa shape index (κ2) is 9.35. The van der Waals surface area contributed by atoms with Crippen LogP contribution >= 0.6 is 15.9 Å². The van der Waals surface area contributed by atoms with Gasteiger partial charge in [0.2, 0.25) is 0 Å². The van der Waals surface area contributed by atoms with Gasteiger partial charge in [0.1, 0.15) is 11.3 Å². The van der Waals surface area contributed by atoms with Crippen LogP contribution in [0.25, 0.3) is 11.1 Å². The number of halogens is 1. The number of oxazole rings is 1. The van der Waals surface area contributed by atoms with E-state index in [2.05, 4.69) is 52.2 Å². The Balaban J connectivity index is 1.34. The fourth-order valence-electron chi connectivity index (χ4n) is 3.18. The van der Waals surface area contributed by atoms with Crippen molar-refractivity contribution in [1.82, 2.24) is 4.98 Å². The molecule has 0 unspecified atom stereocenters. The zero-order valence-electron chi connectivity index (χ0n) is 17.4. The van der Waals surface area contributed by atoms with E-state index in [1.54, 1.807) is 0 Å². The zero-order valence-corrected chi connectivity index (χ0v) is 19.0. The van der Waals surface area contributed by atoms with Gasteiger partial charge in [0.15, 0.2) is 18.1 Å². The number of rotatable bonds is 7. The molecule has 0 radical (unpaired) electrons. The highest BCUT2D eigenvalue weighted by Crippen LogP contribution is 2.23. The van der Waals surface area contributed by atoms with Crippen LogP contribution in [0, 0.1) is 0 Å². The van der Waals surface area contributed by atoms with E-state index in [9.17, 15) is 4.79 Å². The van der Waals surface area contributed by atoms with Crippen LogP contribution in [0.1, 0.15) is 36.8 Å². The Labute approximate surface area is 189 Å². The number of carbonyl (C=O) groups excluding carboxylic acids is 1. The minimum Gasteiger partial charge on any atom is -0.484 e. The molecule has 0 fully saturated rings. The molecule has 0 saturated heterocycles. The molecule has 0 atom stereocenters. The highest BCUT2D eigenvalue weighted by atomic mass is 79.9. The maximum absolute atomic E-state index is 12.1. The smallest absolute Gasteiger partial charge is 0.262 e. The lowest BCUT2D eigenvalue weighted by Gasteiger charge is -2.08. The first-order chi connectivity index (χ1) is 15.0. The lowest BCUT2D eigenvalue weighted by atomic mass is 10.0. The standard InChI is InChI=1S/C25H23BrN2O3/c1-16(2)18-5-12-23-22(14-18)28-25(31-23)13-17-3-8-20(9-4-17)27-24(29)15-30-21-10-6-19(26)7-11-21/h3-12,14,16H,13,15H2,1-2H3,(H,27,29). The molecule has 31 heavy (non-hydrogen) atoms. The number of anilines is 1. The van der Waals surface area contributed by atoms with Crippen LogP contribution in [0.3, 0.4) is 0 Å². The predicted molar refractivity (Wildman–Crippen MR) is 126 cm³/mol. The van der Waals surface area contributed by atoms with Crippen LogP contribution in [-0.2, 0) is 11.2 Å². The summed E-state index contributed by atoms with van der Waals surface area (Å²) < 4.78 is 12.3. The summed E-state index contributed by atoms with van der Waals surface area (Å²) in [6.45, 7) is 4.27. The second-order valence-electron chi connectivity index (χ2n) is 7.65. The number of amides is 1. The van der Waals surface area contributed by atoms with Crippen LogP contribution in [0.4, 0.5) is 5.69 Å². The van der Waals surface area contributed by atoms with Gasteiger partial charge in [-0.1, -0.05) is 48.0 Å². The van der Waals surface area contributed by atoms with Crippen LogP contribution < -0.4 is 10.1 Å². The molecule has 1 heterocycles. The van der Waals surface area contributed by atoms with E-state index in [4.69, 9.17) is 9.15 Å². The maximum atomic E-state index is 12.1. The lowest BCUT2D eigenvalue weighted by molar-refractivity contribution is -0.118. The van der Waals surface area contributed by atoms with E-state index in [1.807, 2.05) is 54.6 Å². The summed E-state index contributed by atoms with van der Waals surface area (Å²) in [5, 5.41) is 2.84. The topological polar surface area (TPSA) is 64.4 Å². The van der Waals surface area contributed by atoms with Crippen molar-refractivity contribution in [2.24, 2.45) is 0 Å². The van der Waals surface area contributed by atoms with Crippen molar-refractivity contribution < 1.29 is 13.9 Å². The second-order valence-corrected chi connectivity index (χ2v) is 8.57. The van der Waals surface area contributed by atoms with Gasteiger partial charge in [-0.25, -0.2) is 4.98 Å². The molecule has 6 heteroatoms. The van der Waals surface area contributed by atoms with Crippen molar-refractivity contribution in [2.45, 2.75) is 26.2 Å². The third-order valence-electron chi connectivity index (χ3n) is 4.90. The van der Waals surface area contributed by atoms with E-state index in [-0.39, 0.29) is 12.5 Å². The highest BCUT2D eigenvalue weighted by Gasteiger charge is 2.10. The van der Waals surface area contributed by atoms with Crippen LogP contribution in [0.2, 0.25) is 0 Å². The molecule has 1 N–H and O–H groups in total. The number of benzene rings is 3. The monoisotopic (exact) mass is 478 g/mol. The quantitative estimate of drug-likeness (QED) is 0.337. The van der Waals surface area contributed by atoms with Crippen LogP contribution in [-0.4, -0.2) is 17.5 Å². The molecular formula is C25H23BrN2O3. The summed E-state index contributed by atoms with van der Waals surface area (Å²) in [7, 11) is 0. The van der Waals surface area contributed by atoms with Gasteiger partial charge in [0, 0.05) is 16.6 Å². The summed E-state index contributed by atoms with van der Waals surface area (Å²) in [6, 6.07) is 21.2. The first-order valence-corrected chi connectivity index (χ1v) is 10.9. The molecule has 0 bridgehead atoms. The number of hydrogen-bond acceptors (Lipinski definition) is 4. The Morgan fingerprint density at radius 2 is 1.81 bits per heavy atom. The molecule has 1 amide bonds. The van der Waals surface area contributed by atoms with Gasteiger partial charge >= 0.3 is 0 Å². The maximum Gasteiger partial charge on any atom is 0.262 e. The summed E-state index contributed by atoms with van der Waals surface area (Å²) in [6.07, 6.45) is 0.590. The Morgan fingerprint density at radius 1 is 1.06 bits per heavy atom. The Kier molecular flexibility index (Phi) is 6.37. The minimum absolute atomic E-state index is 0.0509.